The molecule has 104 valence electrons. The number of hydrogen-bond donors (Lipinski definition) is 0. The second-order valence-electron chi connectivity index (χ2n) is 4.30. The minimum absolute atomic E-state index is 0.676. The molecule has 0 saturated heterocycles. The van der Waals surface area contributed by atoms with Crippen LogP contribution in [-0.2, 0) is 0 Å². The van der Waals surface area contributed by atoms with Gasteiger partial charge >= 0.3 is 0 Å². The summed E-state index contributed by atoms with van der Waals surface area (Å²) in [6.07, 6.45) is 1.78. The Morgan fingerprint density at radius 1 is 1.00 bits per heavy atom. The number of halogens is 1. The first-order chi connectivity index (χ1) is 9.63. The summed E-state index contributed by atoms with van der Waals surface area (Å²) in [5.41, 5.74) is 2.86. The number of ether oxygens (including phenoxy) is 2. The van der Waals surface area contributed by atoms with Gasteiger partial charge in [0.1, 0.15) is 0 Å². The summed E-state index contributed by atoms with van der Waals surface area (Å²) < 4.78 is 10.5. The van der Waals surface area contributed by atoms with E-state index in [-0.39, 0.29) is 0 Å². The van der Waals surface area contributed by atoms with Crippen molar-refractivity contribution in [3.63, 3.8) is 0 Å². The van der Waals surface area contributed by atoms with Crippen molar-refractivity contribution in [2.75, 3.05) is 14.2 Å². The second kappa shape index (κ2) is 6.44. The molecule has 0 N–H and O–H groups in total. The van der Waals surface area contributed by atoms with E-state index in [9.17, 15) is 0 Å². The van der Waals surface area contributed by atoms with Crippen LogP contribution < -0.4 is 9.47 Å². The lowest BCUT2D eigenvalue weighted by molar-refractivity contribution is 0.355. The fourth-order valence-corrected chi connectivity index (χ4v) is 1.97. The molecule has 0 atom stereocenters. The van der Waals surface area contributed by atoms with Crippen molar-refractivity contribution in [1.82, 2.24) is 0 Å². The van der Waals surface area contributed by atoms with Crippen molar-refractivity contribution < 1.29 is 9.47 Å². The lowest BCUT2D eigenvalue weighted by Gasteiger charge is -2.07. The normalized spacial score (nSPS) is 10.8. The first kappa shape index (κ1) is 14.4. The Morgan fingerprint density at radius 3 is 2.45 bits per heavy atom. The van der Waals surface area contributed by atoms with Gasteiger partial charge in [0.2, 0.25) is 0 Å². The topological polar surface area (TPSA) is 30.8 Å². The Hall–Kier alpha value is -2.00. The zero-order valence-electron chi connectivity index (χ0n) is 11.7. The molecule has 0 amide bonds. The highest BCUT2D eigenvalue weighted by molar-refractivity contribution is 6.30. The van der Waals surface area contributed by atoms with E-state index in [1.807, 2.05) is 43.3 Å². The SMILES string of the molecule is COc1ccc(C=Nc2cc(Cl)ccc2C)cc1OC. The average molecular weight is 290 g/mol. The Kier molecular flexibility index (Phi) is 4.64. The third-order valence-electron chi connectivity index (χ3n) is 2.93. The largest absolute Gasteiger partial charge is 0.493 e. The minimum Gasteiger partial charge on any atom is -0.493 e. The van der Waals surface area contributed by atoms with Gasteiger partial charge in [-0.25, -0.2) is 0 Å². The van der Waals surface area contributed by atoms with Gasteiger partial charge in [-0.3, -0.25) is 4.99 Å². The van der Waals surface area contributed by atoms with Gasteiger partial charge in [0.05, 0.1) is 19.9 Å². The number of aliphatic imine (C=N–C) groups is 1. The van der Waals surface area contributed by atoms with E-state index < -0.39 is 0 Å². The van der Waals surface area contributed by atoms with E-state index in [1.54, 1.807) is 20.4 Å². The maximum atomic E-state index is 5.98. The number of rotatable bonds is 4. The molecule has 4 heteroatoms. The zero-order chi connectivity index (χ0) is 14.5. The van der Waals surface area contributed by atoms with Crippen LogP contribution in [0.3, 0.4) is 0 Å². The van der Waals surface area contributed by atoms with Gasteiger partial charge in [-0.2, -0.15) is 0 Å². The van der Waals surface area contributed by atoms with Crippen LogP contribution in [-0.4, -0.2) is 20.4 Å². The predicted molar refractivity (Wildman–Crippen MR) is 83.0 cm³/mol. The van der Waals surface area contributed by atoms with Gasteiger partial charge in [-0.1, -0.05) is 17.7 Å². The van der Waals surface area contributed by atoms with Gasteiger partial charge in [0, 0.05) is 11.2 Å². The lowest BCUT2D eigenvalue weighted by Crippen LogP contribution is -1.92. The van der Waals surface area contributed by atoms with Gasteiger partial charge in [-0.15, -0.1) is 0 Å². The van der Waals surface area contributed by atoms with Crippen molar-refractivity contribution in [3.05, 3.63) is 52.5 Å². The molecule has 0 spiro atoms. The molecule has 0 fully saturated rings. The monoisotopic (exact) mass is 289 g/mol. The number of nitrogens with zero attached hydrogens (tertiary/aromatic N) is 1. The van der Waals surface area contributed by atoms with Crippen molar-refractivity contribution in [2.24, 2.45) is 4.99 Å². The number of hydrogen-bond acceptors (Lipinski definition) is 3. The van der Waals surface area contributed by atoms with E-state index >= 15 is 0 Å². The molecule has 3 nitrogen and oxygen atoms in total. The van der Waals surface area contributed by atoms with Crippen molar-refractivity contribution >= 4 is 23.5 Å². The van der Waals surface area contributed by atoms with E-state index in [0.29, 0.717) is 16.5 Å². The highest BCUT2D eigenvalue weighted by Crippen LogP contribution is 2.27. The Balaban J connectivity index is 2.29. The van der Waals surface area contributed by atoms with E-state index in [0.717, 1.165) is 16.8 Å². The molecule has 0 heterocycles. The number of benzene rings is 2. The van der Waals surface area contributed by atoms with Crippen LogP contribution in [0.1, 0.15) is 11.1 Å². The summed E-state index contributed by atoms with van der Waals surface area (Å²) in [5, 5.41) is 0.676. The van der Waals surface area contributed by atoms with Crippen molar-refractivity contribution in [3.8, 4) is 11.5 Å². The van der Waals surface area contributed by atoms with E-state index in [2.05, 4.69) is 4.99 Å². The van der Waals surface area contributed by atoms with Crippen LogP contribution >= 0.6 is 11.6 Å². The Bertz CT molecular complexity index is 638. The van der Waals surface area contributed by atoms with Gasteiger partial charge < -0.3 is 9.47 Å². The molecule has 20 heavy (non-hydrogen) atoms. The van der Waals surface area contributed by atoms with Crippen LogP contribution in [0.5, 0.6) is 11.5 Å². The zero-order valence-corrected chi connectivity index (χ0v) is 12.4. The third-order valence-corrected chi connectivity index (χ3v) is 3.17. The summed E-state index contributed by atoms with van der Waals surface area (Å²) >= 11 is 5.98. The van der Waals surface area contributed by atoms with Gasteiger partial charge in [0.25, 0.3) is 0 Å². The number of aryl methyl sites for hydroxylation is 1. The summed E-state index contributed by atoms with van der Waals surface area (Å²) in [5.74, 6) is 1.38. The van der Waals surface area contributed by atoms with Crippen molar-refractivity contribution in [2.45, 2.75) is 6.92 Å². The maximum absolute atomic E-state index is 5.98. The average Bonchev–Trinajstić information content (AvgIpc) is 2.47. The second-order valence-corrected chi connectivity index (χ2v) is 4.74. The van der Waals surface area contributed by atoms with Gasteiger partial charge in [-0.05, 0) is 48.4 Å². The molecule has 0 saturated carbocycles. The fourth-order valence-electron chi connectivity index (χ4n) is 1.80. The first-order valence-corrected chi connectivity index (χ1v) is 6.54. The first-order valence-electron chi connectivity index (χ1n) is 6.16. The predicted octanol–water partition coefficient (Wildman–Crippen LogP) is 4.42. The van der Waals surface area contributed by atoms with Gasteiger partial charge in [0.15, 0.2) is 11.5 Å². The summed E-state index contributed by atoms with van der Waals surface area (Å²) in [4.78, 5) is 4.46. The molecule has 0 unspecified atom stereocenters. The quantitative estimate of drug-likeness (QED) is 0.780. The highest BCUT2D eigenvalue weighted by Gasteiger charge is 2.03. The minimum atomic E-state index is 0.676. The standard InChI is InChI=1S/C16H16ClNO2/c1-11-4-6-13(17)9-14(11)18-10-12-5-7-15(19-2)16(8-12)20-3/h4-10H,1-3H3. The van der Waals surface area contributed by atoms with Crippen LogP contribution in [0.15, 0.2) is 41.4 Å². The lowest BCUT2D eigenvalue weighted by atomic mass is 10.2. The molecule has 0 radical (unpaired) electrons. The molecular formula is C16H16ClNO2. The maximum Gasteiger partial charge on any atom is 0.161 e. The summed E-state index contributed by atoms with van der Waals surface area (Å²) in [6.45, 7) is 2.00. The number of methoxy groups -OCH3 is 2. The molecule has 0 bridgehead atoms. The molecular weight excluding hydrogens is 274 g/mol. The van der Waals surface area contributed by atoms with Crippen LogP contribution in [0, 0.1) is 6.92 Å². The molecule has 2 rings (SSSR count). The molecule has 0 aliphatic rings. The summed E-state index contributed by atoms with van der Waals surface area (Å²) in [6, 6.07) is 11.3. The van der Waals surface area contributed by atoms with E-state index in [4.69, 9.17) is 21.1 Å². The highest BCUT2D eigenvalue weighted by atomic mass is 35.5. The van der Waals surface area contributed by atoms with Crippen LogP contribution in [0.2, 0.25) is 5.02 Å². The molecule has 0 aromatic heterocycles. The Labute approximate surface area is 123 Å². The van der Waals surface area contributed by atoms with Crippen molar-refractivity contribution in [1.29, 1.82) is 0 Å². The van der Waals surface area contributed by atoms with E-state index in [1.165, 1.54) is 0 Å². The van der Waals surface area contributed by atoms with Crippen LogP contribution in [0.25, 0.3) is 0 Å². The van der Waals surface area contributed by atoms with Crippen LogP contribution in [0.4, 0.5) is 5.69 Å². The Morgan fingerprint density at radius 2 is 1.75 bits per heavy atom. The molecule has 2 aromatic rings. The fraction of sp³-hybridized carbons (Fsp3) is 0.188. The molecule has 0 aliphatic carbocycles. The molecule has 2 aromatic carbocycles. The molecule has 0 aliphatic heterocycles. The third kappa shape index (κ3) is 3.31. The summed E-state index contributed by atoms with van der Waals surface area (Å²) in [7, 11) is 3.22. The smallest absolute Gasteiger partial charge is 0.161 e.